The number of allylic oxidation sites excluding steroid dienone is 1. The number of carbonyl (C=O) groups excluding carboxylic acids is 1. The second-order valence-corrected chi connectivity index (χ2v) is 10.4. The molecule has 2 aromatic rings. The highest BCUT2D eigenvalue weighted by molar-refractivity contribution is 7.99. The molecule has 0 aliphatic heterocycles. The number of benzene rings is 2. The van der Waals surface area contributed by atoms with Crippen molar-refractivity contribution >= 4 is 58.2 Å². The summed E-state index contributed by atoms with van der Waals surface area (Å²) in [5.41, 5.74) is -0.0589. The number of hydrogen-bond acceptors (Lipinski definition) is 2. The molecule has 0 aliphatic carbocycles. The third-order valence-corrected chi connectivity index (χ3v) is 7.57. The third-order valence-electron chi connectivity index (χ3n) is 5.04. The van der Waals surface area contributed by atoms with Crippen LogP contribution in [-0.2, 0) is 0 Å². The van der Waals surface area contributed by atoms with Crippen LogP contribution >= 0.6 is 46.6 Å². The second kappa shape index (κ2) is 12.4. The summed E-state index contributed by atoms with van der Waals surface area (Å²) in [6.45, 7) is 3.13. The van der Waals surface area contributed by atoms with Gasteiger partial charge in [0.25, 0.3) is 0 Å². The molecule has 0 radical (unpaired) electrons. The van der Waals surface area contributed by atoms with Gasteiger partial charge in [0.1, 0.15) is 11.7 Å². The molecule has 198 valence electrons. The van der Waals surface area contributed by atoms with Crippen LogP contribution in [0.1, 0.15) is 46.3 Å². The highest BCUT2D eigenvalue weighted by atomic mass is 35.5. The summed E-state index contributed by atoms with van der Waals surface area (Å²) >= 11 is 18.1. The van der Waals surface area contributed by atoms with Crippen molar-refractivity contribution in [2.24, 2.45) is 5.92 Å². The predicted octanol–water partition coefficient (Wildman–Crippen LogP) is 10.1. The lowest BCUT2D eigenvalue weighted by molar-refractivity contribution is -0.139. The minimum absolute atomic E-state index is 0.0302. The molecular weight excluding hydrogens is 576 g/mol. The lowest BCUT2D eigenvalue weighted by Gasteiger charge is -2.19. The van der Waals surface area contributed by atoms with E-state index in [1.165, 1.54) is 25.1 Å². The van der Waals surface area contributed by atoms with Crippen LogP contribution in [0.15, 0.2) is 36.4 Å². The zero-order valence-corrected chi connectivity index (χ0v) is 21.9. The van der Waals surface area contributed by atoms with Gasteiger partial charge in [-0.25, -0.2) is 4.39 Å². The van der Waals surface area contributed by atoms with Gasteiger partial charge in [0.05, 0.1) is 20.8 Å². The highest BCUT2D eigenvalue weighted by Crippen LogP contribution is 2.42. The Morgan fingerprint density at radius 1 is 1.03 bits per heavy atom. The van der Waals surface area contributed by atoms with Crippen LogP contribution < -0.4 is 0 Å². The first-order valence-corrected chi connectivity index (χ1v) is 12.7. The maximum atomic E-state index is 14.9. The van der Waals surface area contributed by atoms with Gasteiger partial charge in [0.15, 0.2) is 5.78 Å². The molecule has 0 fully saturated rings. The zero-order chi connectivity index (χ0) is 27.4. The van der Waals surface area contributed by atoms with E-state index in [0.717, 1.165) is 12.1 Å². The Morgan fingerprint density at radius 3 is 2.11 bits per heavy atom. The first-order chi connectivity index (χ1) is 16.5. The molecule has 0 aromatic heterocycles. The van der Waals surface area contributed by atoms with Crippen molar-refractivity contribution in [1.82, 2.24) is 0 Å². The van der Waals surface area contributed by atoms with Crippen LogP contribution in [0.4, 0.5) is 30.7 Å². The van der Waals surface area contributed by atoms with Crippen molar-refractivity contribution in [1.29, 1.82) is 0 Å². The molecule has 2 atom stereocenters. The van der Waals surface area contributed by atoms with E-state index in [2.05, 4.69) is 0 Å². The summed E-state index contributed by atoms with van der Waals surface area (Å²) < 4.78 is 93.0. The summed E-state index contributed by atoms with van der Waals surface area (Å²) in [5, 5.41) is -0.560. The highest BCUT2D eigenvalue weighted by Gasteiger charge is 2.40. The Hall–Kier alpha value is -1.42. The number of rotatable bonds is 9. The number of Topliss-reactive ketones (excluding diaryl/α,β-unsaturated/α-hetero) is 1. The van der Waals surface area contributed by atoms with Crippen molar-refractivity contribution in [3.05, 3.63) is 73.7 Å². The van der Waals surface area contributed by atoms with Crippen LogP contribution in [0.5, 0.6) is 0 Å². The van der Waals surface area contributed by atoms with Crippen LogP contribution in [0.3, 0.4) is 0 Å². The van der Waals surface area contributed by atoms with Crippen molar-refractivity contribution in [2.45, 2.75) is 38.5 Å². The molecule has 0 N–H and O–H groups in total. The summed E-state index contributed by atoms with van der Waals surface area (Å²) in [6.07, 6.45) is -8.82. The molecule has 0 amide bonds. The quantitative estimate of drug-likeness (QED) is 0.163. The van der Waals surface area contributed by atoms with Crippen molar-refractivity contribution in [3.63, 3.8) is 0 Å². The minimum atomic E-state index is -4.87. The Labute approximate surface area is 223 Å². The van der Waals surface area contributed by atoms with Gasteiger partial charge in [-0.15, -0.1) is 0 Å². The van der Waals surface area contributed by atoms with Crippen LogP contribution in [0.2, 0.25) is 15.1 Å². The van der Waals surface area contributed by atoms with Crippen molar-refractivity contribution < 1.29 is 35.5 Å². The first kappa shape index (κ1) is 30.8. The number of hydrogen-bond donors (Lipinski definition) is 0. The average molecular weight is 596 g/mol. The first-order valence-electron chi connectivity index (χ1n) is 10.4. The molecule has 1 unspecified atom stereocenters. The monoisotopic (exact) mass is 594 g/mol. The molecule has 0 spiro atoms. The fourth-order valence-corrected chi connectivity index (χ4v) is 4.85. The number of aryl methyl sites for hydroxylation is 1. The molecule has 36 heavy (non-hydrogen) atoms. The topological polar surface area (TPSA) is 17.1 Å². The molecule has 0 heterocycles. The van der Waals surface area contributed by atoms with Crippen molar-refractivity contribution in [3.8, 4) is 0 Å². The molecule has 0 saturated carbocycles. The molecule has 1 nitrogen and oxygen atoms in total. The Morgan fingerprint density at radius 2 is 1.61 bits per heavy atom. The van der Waals surface area contributed by atoms with E-state index in [0.29, 0.717) is 23.4 Å². The summed E-state index contributed by atoms with van der Waals surface area (Å²) in [5.74, 6) is -5.15. The van der Waals surface area contributed by atoms with Gasteiger partial charge in [-0.2, -0.15) is 38.1 Å². The standard InChI is InChI=1S/C24H20Cl3F7OS/c1-12(10-36-11-23(29,30)31)5-21(35)16-4-3-14(6-13(16)2)20(28)9-17(24(32,33)34)15-7-18(25)22(27)19(26)8-15/h3-4,6-9,12,17H,5,10-11H2,1-2H3/b20-9-/t12-,17?/m0/s1. The lowest BCUT2D eigenvalue weighted by atomic mass is 9.94. The van der Waals surface area contributed by atoms with Gasteiger partial charge in [0, 0.05) is 17.5 Å². The largest absolute Gasteiger partial charge is 0.399 e. The van der Waals surface area contributed by atoms with Gasteiger partial charge in [-0.05, 0) is 54.0 Å². The SMILES string of the molecule is Cc1cc(/C(F)=C/C(c2cc(Cl)c(Cl)c(Cl)c2)C(F)(F)F)ccc1C(=O)C[C@H](C)CSCC(F)(F)F. The van der Waals surface area contributed by atoms with E-state index in [4.69, 9.17) is 34.8 Å². The zero-order valence-electron chi connectivity index (χ0n) is 18.8. The van der Waals surface area contributed by atoms with E-state index >= 15 is 0 Å². The Kier molecular flexibility index (Phi) is 10.6. The minimum Gasteiger partial charge on any atom is -0.294 e. The molecule has 0 aliphatic rings. The molecule has 2 rings (SSSR count). The number of thioether (sulfide) groups is 1. The lowest BCUT2D eigenvalue weighted by Crippen LogP contribution is -2.19. The van der Waals surface area contributed by atoms with E-state index in [-0.39, 0.29) is 50.1 Å². The van der Waals surface area contributed by atoms with E-state index in [1.54, 1.807) is 6.92 Å². The number of ketones is 1. The number of halogens is 10. The van der Waals surface area contributed by atoms with Gasteiger partial charge in [0.2, 0.25) is 0 Å². The third kappa shape index (κ3) is 8.85. The van der Waals surface area contributed by atoms with Crippen LogP contribution in [-0.4, -0.2) is 29.6 Å². The van der Waals surface area contributed by atoms with E-state index in [1.807, 2.05) is 0 Å². The maximum Gasteiger partial charge on any atom is 0.399 e. The van der Waals surface area contributed by atoms with Gasteiger partial charge < -0.3 is 0 Å². The predicted molar refractivity (Wildman–Crippen MR) is 132 cm³/mol. The molecular formula is C24H20Cl3F7OS. The normalized spacial score (nSPS) is 14.6. The Bertz CT molecular complexity index is 1110. The van der Waals surface area contributed by atoms with E-state index in [9.17, 15) is 35.5 Å². The molecule has 12 heteroatoms. The van der Waals surface area contributed by atoms with Gasteiger partial charge >= 0.3 is 12.4 Å². The second-order valence-electron chi connectivity index (χ2n) is 8.22. The average Bonchev–Trinajstić information content (AvgIpc) is 2.73. The number of alkyl halides is 6. The fraction of sp³-hybridized carbons (Fsp3) is 0.375. The fourth-order valence-electron chi connectivity index (χ4n) is 3.36. The van der Waals surface area contributed by atoms with Crippen molar-refractivity contribution in [2.75, 3.05) is 11.5 Å². The molecule has 0 saturated heterocycles. The van der Waals surface area contributed by atoms with Crippen LogP contribution in [0, 0.1) is 12.8 Å². The summed E-state index contributed by atoms with van der Waals surface area (Å²) in [4.78, 5) is 12.6. The molecule has 0 bridgehead atoms. The van der Waals surface area contributed by atoms with Gasteiger partial charge in [-0.1, -0.05) is 53.9 Å². The smallest absolute Gasteiger partial charge is 0.294 e. The Balaban J connectivity index is 2.24. The number of carbonyl (C=O) groups is 1. The van der Waals surface area contributed by atoms with Crippen LogP contribution in [0.25, 0.3) is 5.83 Å². The van der Waals surface area contributed by atoms with E-state index < -0.39 is 35.4 Å². The summed E-state index contributed by atoms with van der Waals surface area (Å²) in [7, 11) is 0. The maximum absolute atomic E-state index is 14.9. The molecule has 2 aromatic carbocycles. The summed E-state index contributed by atoms with van der Waals surface area (Å²) in [6, 6.07) is 5.61. The van der Waals surface area contributed by atoms with Gasteiger partial charge in [-0.3, -0.25) is 4.79 Å².